The summed E-state index contributed by atoms with van der Waals surface area (Å²) in [6.45, 7) is 4.52. The van der Waals surface area contributed by atoms with Crippen LogP contribution in [-0.2, 0) is 11.3 Å². The first-order valence-electron chi connectivity index (χ1n) is 13.3. The van der Waals surface area contributed by atoms with Gasteiger partial charge >= 0.3 is 0 Å². The Kier molecular flexibility index (Phi) is 6.67. The predicted molar refractivity (Wildman–Crippen MR) is 149 cm³/mol. The van der Waals surface area contributed by atoms with Crippen LogP contribution < -0.4 is 10.2 Å². The van der Waals surface area contributed by atoms with Crippen LogP contribution in [0.25, 0.3) is 27.8 Å². The van der Waals surface area contributed by atoms with E-state index >= 15 is 0 Å². The van der Waals surface area contributed by atoms with Gasteiger partial charge in [-0.25, -0.2) is 13.8 Å². The summed E-state index contributed by atoms with van der Waals surface area (Å²) in [7, 11) is 1.90. The molecular formula is C31H29F2N5O2. The first-order valence-corrected chi connectivity index (χ1v) is 13.3. The van der Waals surface area contributed by atoms with Gasteiger partial charge in [0.2, 0.25) is 5.91 Å². The highest BCUT2D eigenvalue weighted by Gasteiger charge is 2.35. The van der Waals surface area contributed by atoms with Crippen LogP contribution in [0, 0.1) is 25.5 Å². The lowest BCUT2D eigenvalue weighted by atomic mass is 9.99. The molecule has 1 fully saturated rings. The third kappa shape index (κ3) is 4.46. The average molecular weight is 542 g/mol. The van der Waals surface area contributed by atoms with Gasteiger partial charge in [0.25, 0.3) is 0 Å². The molecule has 7 nitrogen and oxygen atoms in total. The molecule has 6 rings (SSSR count). The largest absolute Gasteiger partial charge is 0.361 e. The molecule has 1 aliphatic rings. The highest BCUT2D eigenvalue weighted by atomic mass is 19.2. The van der Waals surface area contributed by atoms with Gasteiger partial charge in [-0.3, -0.25) is 9.36 Å². The van der Waals surface area contributed by atoms with E-state index in [4.69, 9.17) is 9.51 Å². The van der Waals surface area contributed by atoms with E-state index in [1.165, 1.54) is 6.07 Å². The average Bonchev–Trinajstić information content (AvgIpc) is 3.49. The summed E-state index contributed by atoms with van der Waals surface area (Å²) in [6.07, 6.45) is 1.62. The van der Waals surface area contributed by atoms with Gasteiger partial charge < -0.3 is 14.7 Å². The molecule has 3 aromatic carbocycles. The smallest absolute Gasteiger partial charge is 0.227 e. The topological polar surface area (TPSA) is 76.2 Å². The zero-order chi connectivity index (χ0) is 28.0. The van der Waals surface area contributed by atoms with E-state index in [1.807, 2.05) is 51.2 Å². The lowest BCUT2D eigenvalue weighted by Crippen LogP contribution is -2.39. The van der Waals surface area contributed by atoms with Crippen LogP contribution >= 0.6 is 0 Å². The summed E-state index contributed by atoms with van der Waals surface area (Å²) in [6, 6.07) is 17.3. The molecule has 1 atom stereocenters. The van der Waals surface area contributed by atoms with Gasteiger partial charge in [-0.1, -0.05) is 23.4 Å². The number of hydrogen-bond donors (Lipinski definition) is 1. The number of benzene rings is 3. The van der Waals surface area contributed by atoms with Crippen LogP contribution in [0.5, 0.6) is 0 Å². The second kappa shape index (κ2) is 10.3. The lowest BCUT2D eigenvalue weighted by molar-refractivity contribution is -0.120. The zero-order valence-corrected chi connectivity index (χ0v) is 22.5. The Morgan fingerprint density at radius 1 is 1.00 bits per heavy atom. The number of hydrogen-bond acceptors (Lipinski definition) is 5. The van der Waals surface area contributed by atoms with Gasteiger partial charge in [0.15, 0.2) is 11.6 Å². The van der Waals surface area contributed by atoms with Crippen LogP contribution in [0.3, 0.4) is 0 Å². The number of aryl methyl sites for hydroxylation is 2. The Bertz CT molecular complexity index is 1700. The van der Waals surface area contributed by atoms with E-state index in [1.54, 1.807) is 4.90 Å². The number of rotatable bonds is 6. The van der Waals surface area contributed by atoms with Crippen molar-refractivity contribution in [3.8, 4) is 16.8 Å². The molecule has 1 saturated heterocycles. The first-order chi connectivity index (χ1) is 19.4. The van der Waals surface area contributed by atoms with Crippen LogP contribution in [0.15, 0.2) is 65.2 Å². The molecule has 0 radical (unpaired) electrons. The molecule has 40 heavy (non-hydrogen) atoms. The molecule has 0 bridgehead atoms. The van der Waals surface area contributed by atoms with Crippen molar-refractivity contribution in [3.05, 3.63) is 95.1 Å². The number of aromatic nitrogens is 3. The Morgan fingerprint density at radius 3 is 2.48 bits per heavy atom. The molecule has 1 amide bonds. The van der Waals surface area contributed by atoms with Gasteiger partial charge in [-0.2, -0.15) is 0 Å². The number of halogens is 2. The van der Waals surface area contributed by atoms with Crippen LogP contribution in [0.4, 0.5) is 14.5 Å². The van der Waals surface area contributed by atoms with Crippen molar-refractivity contribution in [2.24, 2.45) is 0 Å². The monoisotopic (exact) mass is 541 g/mol. The highest BCUT2D eigenvalue weighted by Crippen LogP contribution is 2.39. The number of anilines is 1. The second-order valence-corrected chi connectivity index (χ2v) is 10.2. The van der Waals surface area contributed by atoms with Crippen molar-refractivity contribution in [1.82, 2.24) is 20.0 Å². The maximum Gasteiger partial charge on any atom is 0.227 e. The van der Waals surface area contributed by atoms with Gasteiger partial charge in [0.05, 0.1) is 22.8 Å². The third-order valence-corrected chi connectivity index (χ3v) is 7.51. The number of piperidine rings is 1. The number of nitrogens with zero attached hydrogens (tertiary/aromatic N) is 4. The van der Waals surface area contributed by atoms with Gasteiger partial charge in [0, 0.05) is 36.0 Å². The molecular weight excluding hydrogens is 512 g/mol. The normalized spacial score (nSPS) is 15.8. The lowest BCUT2D eigenvalue weighted by Gasteiger charge is -2.35. The van der Waals surface area contributed by atoms with Crippen molar-refractivity contribution in [2.45, 2.75) is 45.7 Å². The SMILES string of the molecule is CNCc1ccc(-n2c([C@@H]3CCCC(=O)N3c3ccc(F)c(F)c3)nc3cc(-c4c(C)noc4C)ccc32)cc1. The van der Waals surface area contributed by atoms with E-state index in [0.717, 1.165) is 63.5 Å². The van der Waals surface area contributed by atoms with E-state index in [9.17, 15) is 13.6 Å². The molecule has 2 aromatic heterocycles. The zero-order valence-electron chi connectivity index (χ0n) is 22.5. The Hall–Kier alpha value is -4.37. The molecule has 3 heterocycles. The van der Waals surface area contributed by atoms with Gasteiger partial charge in [0.1, 0.15) is 11.6 Å². The molecule has 5 aromatic rings. The molecule has 1 N–H and O–H groups in total. The second-order valence-electron chi connectivity index (χ2n) is 10.2. The fourth-order valence-electron chi connectivity index (χ4n) is 5.68. The minimum atomic E-state index is -0.993. The number of carbonyl (C=O) groups excluding carboxylic acids is 1. The maximum absolute atomic E-state index is 14.3. The fourth-order valence-corrected chi connectivity index (χ4v) is 5.68. The molecule has 0 saturated carbocycles. The fraction of sp³-hybridized carbons (Fsp3) is 0.258. The Morgan fingerprint density at radius 2 is 1.77 bits per heavy atom. The van der Waals surface area contributed by atoms with Gasteiger partial charge in [-0.15, -0.1) is 0 Å². The highest BCUT2D eigenvalue weighted by molar-refractivity contribution is 5.95. The van der Waals surface area contributed by atoms with Crippen LogP contribution in [-0.4, -0.2) is 27.7 Å². The van der Waals surface area contributed by atoms with Crippen LogP contribution in [0.1, 0.15) is 48.1 Å². The van der Waals surface area contributed by atoms with E-state index < -0.39 is 17.7 Å². The molecule has 9 heteroatoms. The van der Waals surface area contributed by atoms with Crippen LogP contribution in [0.2, 0.25) is 0 Å². The number of amides is 1. The van der Waals surface area contributed by atoms with Gasteiger partial charge in [-0.05, 0) is 81.3 Å². The summed E-state index contributed by atoms with van der Waals surface area (Å²) in [4.78, 5) is 19.9. The molecule has 204 valence electrons. The summed E-state index contributed by atoms with van der Waals surface area (Å²) in [5.74, 6) is -0.719. The minimum Gasteiger partial charge on any atom is -0.361 e. The van der Waals surface area contributed by atoms with Crippen molar-refractivity contribution >= 4 is 22.6 Å². The Labute approximate surface area is 230 Å². The quantitative estimate of drug-likeness (QED) is 0.264. The summed E-state index contributed by atoms with van der Waals surface area (Å²) >= 11 is 0. The molecule has 1 aliphatic heterocycles. The predicted octanol–water partition coefficient (Wildman–Crippen LogP) is 6.55. The summed E-state index contributed by atoms with van der Waals surface area (Å²) in [5.41, 5.74) is 6.60. The van der Waals surface area contributed by atoms with E-state index in [2.05, 4.69) is 27.2 Å². The van der Waals surface area contributed by atoms with Crippen molar-refractivity contribution < 1.29 is 18.1 Å². The number of fused-ring (bicyclic) bond motifs is 1. The van der Waals surface area contributed by atoms with Crippen molar-refractivity contribution in [1.29, 1.82) is 0 Å². The number of nitrogens with one attached hydrogen (secondary N) is 1. The number of imidazole rings is 1. The summed E-state index contributed by atoms with van der Waals surface area (Å²) in [5, 5.41) is 7.26. The van der Waals surface area contributed by atoms with Crippen molar-refractivity contribution in [3.63, 3.8) is 0 Å². The Balaban J connectivity index is 1.55. The maximum atomic E-state index is 14.3. The molecule has 0 aliphatic carbocycles. The third-order valence-electron chi connectivity index (χ3n) is 7.51. The van der Waals surface area contributed by atoms with E-state index in [0.29, 0.717) is 30.8 Å². The van der Waals surface area contributed by atoms with Crippen molar-refractivity contribution in [2.75, 3.05) is 11.9 Å². The summed E-state index contributed by atoms with van der Waals surface area (Å²) < 4.78 is 35.5. The molecule has 0 unspecified atom stereocenters. The number of carbonyl (C=O) groups is 1. The first kappa shape index (κ1) is 25.9. The van der Waals surface area contributed by atoms with E-state index in [-0.39, 0.29) is 5.91 Å². The standard InChI is InChI=1S/C31H29F2N5O2/c1-18-30(19(2)40-36-18)21-9-14-27-26(15-21)35-31(38(27)22-10-7-20(8-11-22)17-34-3)28-5-4-6-29(39)37(28)23-12-13-24(32)25(33)16-23/h7-16,28,34H,4-6,17H2,1-3H3/t28-/m0/s1. The molecule has 0 spiro atoms. The minimum absolute atomic E-state index is 0.151.